The predicted octanol–water partition coefficient (Wildman–Crippen LogP) is 0.349. The second-order valence-corrected chi connectivity index (χ2v) is 5.52. The number of likely N-dealkylation sites (N-methyl/N-ethyl adjacent to an activating group) is 1. The molecule has 5 nitrogen and oxygen atoms in total. The van der Waals surface area contributed by atoms with Crippen LogP contribution in [-0.4, -0.2) is 75.1 Å². The van der Waals surface area contributed by atoms with E-state index in [9.17, 15) is 0 Å². The van der Waals surface area contributed by atoms with Gasteiger partial charge in [-0.05, 0) is 33.9 Å². The summed E-state index contributed by atoms with van der Waals surface area (Å²) in [5.74, 6) is 0. The number of nitrogens with zero attached hydrogens (tertiary/aromatic N) is 2. The molecule has 0 amide bonds. The van der Waals surface area contributed by atoms with Crippen molar-refractivity contribution in [2.45, 2.75) is 38.1 Å². The summed E-state index contributed by atoms with van der Waals surface area (Å²) in [6.07, 6.45) is 0.852. The first-order chi connectivity index (χ1) is 8.49. The first-order valence-corrected chi connectivity index (χ1v) is 6.70. The van der Waals surface area contributed by atoms with Gasteiger partial charge in [-0.3, -0.25) is 4.90 Å². The van der Waals surface area contributed by atoms with Crippen molar-refractivity contribution in [3.8, 4) is 0 Å². The highest BCUT2D eigenvalue weighted by atomic mass is 16.7. The third-order valence-corrected chi connectivity index (χ3v) is 4.05. The minimum Gasteiger partial charge on any atom is -0.354 e. The van der Waals surface area contributed by atoms with E-state index in [0.717, 1.165) is 26.1 Å². The zero-order valence-corrected chi connectivity index (χ0v) is 12.5. The van der Waals surface area contributed by atoms with Crippen molar-refractivity contribution in [3.63, 3.8) is 0 Å². The van der Waals surface area contributed by atoms with Crippen molar-refractivity contribution in [1.29, 1.82) is 0 Å². The van der Waals surface area contributed by atoms with E-state index >= 15 is 0 Å². The molecule has 2 N–H and O–H groups in total. The maximum Gasteiger partial charge on any atom is 0.176 e. The lowest BCUT2D eigenvalue weighted by atomic mass is 9.96. The highest BCUT2D eigenvalue weighted by molar-refractivity contribution is 4.95. The Balaban J connectivity index is 2.91. The molecule has 0 aromatic carbocycles. The minimum absolute atomic E-state index is 0.284. The Labute approximate surface area is 111 Å². The Bertz CT molecular complexity index is 248. The number of nitrogens with two attached hydrogens (primary N) is 1. The lowest BCUT2D eigenvalue weighted by molar-refractivity contribution is -0.186. The van der Waals surface area contributed by atoms with Crippen molar-refractivity contribution in [3.05, 3.63) is 0 Å². The highest BCUT2D eigenvalue weighted by Gasteiger charge is 2.42. The van der Waals surface area contributed by atoms with Gasteiger partial charge in [-0.15, -0.1) is 0 Å². The molecule has 0 aromatic rings. The molecule has 1 heterocycles. The molecule has 0 spiro atoms. The van der Waals surface area contributed by atoms with Crippen LogP contribution in [0.2, 0.25) is 0 Å². The SMILES string of the molecule is COC(OC)C(C)(CN)N1CCCN(C)CC1C. The number of methoxy groups -OCH3 is 2. The quantitative estimate of drug-likeness (QED) is 0.722. The van der Waals surface area contributed by atoms with Crippen LogP contribution in [0.25, 0.3) is 0 Å². The van der Waals surface area contributed by atoms with Crippen LogP contribution in [0.4, 0.5) is 0 Å². The maximum absolute atomic E-state index is 6.02. The van der Waals surface area contributed by atoms with E-state index in [1.165, 1.54) is 0 Å². The smallest absolute Gasteiger partial charge is 0.176 e. The van der Waals surface area contributed by atoms with E-state index in [-0.39, 0.29) is 11.8 Å². The van der Waals surface area contributed by atoms with Gasteiger partial charge in [-0.2, -0.15) is 0 Å². The van der Waals surface area contributed by atoms with E-state index < -0.39 is 0 Å². The van der Waals surface area contributed by atoms with Gasteiger partial charge in [0.2, 0.25) is 0 Å². The molecule has 0 radical (unpaired) electrons. The van der Waals surface area contributed by atoms with Gasteiger partial charge in [0, 0.05) is 39.9 Å². The van der Waals surface area contributed by atoms with E-state index in [0.29, 0.717) is 12.6 Å². The number of ether oxygens (including phenoxy) is 2. The van der Waals surface area contributed by atoms with Crippen LogP contribution in [0.15, 0.2) is 0 Å². The number of hydrogen-bond donors (Lipinski definition) is 1. The van der Waals surface area contributed by atoms with Crippen LogP contribution in [0, 0.1) is 0 Å². The fourth-order valence-electron chi connectivity index (χ4n) is 3.08. The van der Waals surface area contributed by atoms with Gasteiger partial charge in [-0.25, -0.2) is 0 Å². The number of rotatable bonds is 5. The first-order valence-electron chi connectivity index (χ1n) is 6.70. The van der Waals surface area contributed by atoms with E-state index in [2.05, 4.69) is 30.7 Å². The third kappa shape index (κ3) is 3.22. The third-order valence-electron chi connectivity index (χ3n) is 4.05. The summed E-state index contributed by atoms with van der Waals surface area (Å²) >= 11 is 0. The lowest BCUT2D eigenvalue weighted by Gasteiger charge is -2.46. The standard InChI is InChI=1S/C13H29N3O2/c1-11-9-15(3)7-6-8-16(11)13(2,10-14)12(17-4)18-5/h11-12H,6-10,14H2,1-5H3. The van der Waals surface area contributed by atoms with E-state index in [1.54, 1.807) is 14.2 Å². The summed E-state index contributed by atoms with van der Waals surface area (Å²) < 4.78 is 10.9. The second-order valence-electron chi connectivity index (χ2n) is 5.52. The van der Waals surface area contributed by atoms with Crippen LogP contribution in [-0.2, 0) is 9.47 Å². The molecule has 0 aromatic heterocycles. The highest BCUT2D eigenvalue weighted by Crippen LogP contribution is 2.26. The van der Waals surface area contributed by atoms with Gasteiger partial charge in [-0.1, -0.05) is 0 Å². The molecule has 1 aliphatic heterocycles. The summed E-state index contributed by atoms with van der Waals surface area (Å²) in [5, 5.41) is 0. The number of hydrogen-bond acceptors (Lipinski definition) is 5. The Morgan fingerprint density at radius 2 is 1.94 bits per heavy atom. The summed E-state index contributed by atoms with van der Waals surface area (Å²) in [6, 6.07) is 0.443. The van der Waals surface area contributed by atoms with Crippen molar-refractivity contribution in [2.24, 2.45) is 5.73 Å². The van der Waals surface area contributed by atoms with Crippen molar-refractivity contribution in [2.75, 3.05) is 47.4 Å². The molecule has 5 heteroatoms. The van der Waals surface area contributed by atoms with E-state index in [4.69, 9.17) is 15.2 Å². The molecule has 108 valence electrons. The minimum atomic E-state index is -0.298. The van der Waals surface area contributed by atoms with Gasteiger partial charge in [0.15, 0.2) is 6.29 Å². The molecule has 1 aliphatic rings. The van der Waals surface area contributed by atoms with E-state index in [1.807, 2.05) is 0 Å². The van der Waals surface area contributed by atoms with Crippen LogP contribution >= 0.6 is 0 Å². The van der Waals surface area contributed by atoms with Crippen LogP contribution < -0.4 is 5.73 Å². The van der Waals surface area contributed by atoms with Crippen LogP contribution in [0.5, 0.6) is 0 Å². The summed E-state index contributed by atoms with van der Waals surface area (Å²) in [7, 11) is 5.53. The van der Waals surface area contributed by atoms with Crippen molar-refractivity contribution >= 4 is 0 Å². The van der Waals surface area contributed by atoms with Gasteiger partial charge in [0.1, 0.15) is 0 Å². The second kappa shape index (κ2) is 6.82. The molecule has 0 saturated carbocycles. The van der Waals surface area contributed by atoms with Gasteiger partial charge < -0.3 is 20.1 Å². The average Bonchev–Trinajstić information content (AvgIpc) is 2.51. The molecule has 0 aliphatic carbocycles. The van der Waals surface area contributed by atoms with Crippen LogP contribution in [0.3, 0.4) is 0 Å². The average molecular weight is 259 g/mol. The summed E-state index contributed by atoms with van der Waals surface area (Å²) in [4.78, 5) is 4.81. The Kier molecular flexibility index (Phi) is 6.01. The fourth-order valence-corrected chi connectivity index (χ4v) is 3.08. The molecule has 1 saturated heterocycles. The van der Waals surface area contributed by atoms with Crippen molar-refractivity contribution in [1.82, 2.24) is 9.80 Å². The topological polar surface area (TPSA) is 51.0 Å². The van der Waals surface area contributed by atoms with Crippen LogP contribution in [0.1, 0.15) is 20.3 Å². The largest absolute Gasteiger partial charge is 0.354 e. The zero-order valence-electron chi connectivity index (χ0n) is 12.5. The van der Waals surface area contributed by atoms with Gasteiger partial charge in [0.05, 0.1) is 5.54 Å². The zero-order chi connectivity index (χ0) is 13.8. The lowest BCUT2D eigenvalue weighted by Crippen LogP contribution is -2.63. The normalized spacial score (nSPS) is 27.2. The van der Waals surface area contributed by atoms with Gasteiger partial charge in [0.25, 0.3) is 0 Å². The predicted molar refractivity (Wildman–Crippen MR) is 73.5 cm³/mol. The Morgan fingerprint density at radius 3 is 2.44 bits per heavy atom. The molecule has 2 unspecified atom stereocenters. The maximum atomic E-state index is 6.02. The fraction of sp³-hybridized carbons (Fsp3) is 1.00. The molecule has 1 fully saturated rings. The van der Waals surface area contributed by atoms with Gasteiger partial charge >= 0.3 is 0 Å². The Morgan fingerprint density at radius 1 is 1.33 bits per heavy atom. The Hall–Kier alpha value is -0.200. The molecule has 2 atom stereocenters. The monoisotopic (exact) mass is 259 g/mol. The molecule has 1 rings (SSSR count). The molecule has 0 bridgehead atoms. The summed E-state index contributed by atoms with van der Waals surface area (Å²) in [5.41, 5.74) is 5.74. The van der Waals surface area contributed by atoms with Crippen molar-refractivity contribution < 1.29 is 9.47 Å². The molecular formula is C13H29N3O2. The first kappa shape index (κ1) is 15.9. The summed E-state index contributed by atoms with van der Waals surface area (Å²) in [6.45, 7) is 8.11. The molecular weight excluding hydrogens is 230 g/mol. The molecule has 18 heavy (non-hydrogen) atoms.